The first-order valence-corrected chi connectivity index (χ1v) is 11.0. The quantitative estimate of drug-likeness (QED) is 0.387. The molecule has 0 radical (unpaired) electrons. The van der Waals surface area contributed by atoms with E-state index in [1.54, 1.807) is 4.68 Å². The fourth-order valence-electron chi connectivity index (χ4n) is 5.12. The Morgan fingerprint density at radius 1 is 0.875 bits per heavy atom. The van der Waals surface area contributed by atoms with Crippen molar-refractivity contribution >= 4 is 10.9 Å². The molecular weight excluding hydrogens is 402 g/mol. The number of nitrogens with one attached hydrogen (secondary N) is 1. The smallest absolute Gasteiger partial charge is 0.214 e. The molecule has 0 spiro atoms. The molecule has 5 rings (SSSR count). The van der Waals surface area contributed by atoms with E-state index in [-0.39, 0.29) is 5.88 Å². The average molecular weight is 432 g/mol. The number of aliphatic hydroxyl groups excluding tert-OH is 2. The number of H-pyrrole nitrogens is 1. The normalized spacial score (nSPS) is 23.4. The maximum atomic E-state index is 11.3. The van der Waals surface area contributed by atoms with Gasteiger partial charge in [0.2, 0.25) is 5.88 Å². The number of benzene rings is 2. The van der Waals surface area contributed by atoms with Gasteiger partial charge in [0.1, 0.15) is 0 Å². The van der Waals surface area contributed by atoms with Gasteiger partial charge in [0.25, 0.3) is 0 Å². The molecule has 2 unspecified atom stereocenters. The average Bonchev–Trinajstić information content (AvgIpc) is 3.26. The summed E-state index contributed by atoms with van der Waals surface area (Å²) in [5.74, 6) is -1.09. The predicted octanol–water partition coefficient (Wildman–Crippen LogP) is 4.40. The van der Waals surface area contributed by atoms with E-state index in [1.165, 1.54) is 0 Å². The summed E-state index contributed by atoms with van der Waals surface area (Å²) >= 11 is 0. The third-order valence-electron chi connectivity index (χ3n) is 6.66. The number of aryl methyl sites for hydroxylation is 1. The van der Waals surface area contributed by atoms with Crippen LogP contribution in [0.1, 0.15) is 49.4 Å². The third kappa shape index (κ3) is 2.98. The van der Waals surface area contributed by atoms with Crippen molar-refractivity contribution in [1.82, 2.24) is 14.8 Å². The van der Waals surface area contributed by atoms with Gasteiger partial charge in [-0.15, -0.1) is 0 Å². The van der Waals surface area contributed by atoms with Crippen LogP contribution in [0, 0.1) is 6.92 Å². The zero-order chi connectivity index (χ0) is 22.8. The summed E-state index contributed by atoms with van der Waals surface area (Å²) in [6.45, 7) is 7.85. The number of aliphatic hydroxyl groups is 2. The SMILES string of the molecule is Cc1[nH]c2ccccc2c1C1C(O)C(c2c(-c3ccccc3)nn(C(C)(C)C)c2O)C1O. The standard InChI is InChI=1S/C26H29N3O3/c1-14-18(16-12-8-9-13-17(16)27-14)20-23(30)21(24(20)31)19-22(15-10-6-5-7-11-15)28-29(25(19)32)26(2,3)4/h5-13,20-21,23-24,27,30-32H,1-4H3. The van der Waals surface area contributed by atoms with Gasteiger partial charge in [-0.05, 0) is 39.3 Å². The molecule has 2 heterocycles. The summed E-state index contributed by atoms with van der Waals surface area (Å²) in [4.78, 5) is 3.36. The molecule has 6 heteroatoms. The van der Waals surface area contributed by atoms with Crippen molar-refractivity contribution < 1.29 is 15.3 Å². The Hall–Kier alpha value is -3.09. The molecule has 32 heavy (non-hydrogen) atoms. The topological polar surface area (TPSA) is 94.3 Å². The number of fused-ring (bicyclic) bond motifs is 1. The molecule has 4 N–H and O–H groups in total. The number of aromatic hydroxyl groups is 1. The Morgan fingerprint density at radius 3 is 2.12 bits per heavy atom. The summed E-state index contributed by atoms with van der Waals surface area (Å²) in [7, 11) is 0. The highest BCUT2D eigenvalue weighted by Crippen LogP contribution is 2.54. The lowest BCUT2D eigenvalue weighted by Gasteiger charge is -2.47. The van der Waals surface area contributed by atoms with E-state index in [9.17, 15) is 15.3 Å². The second kappa shape index (κ2) is 7.22. The summed E-state index contributed by atoms with van der Waals surface area (Å²) in [6.07, 6.45) is -1.71. The zero-order valence-electron chi connectivity index (χ0n) is 18.7. The van der Waals surface area contributed by atoms with Gasteiger partial charge >= 0.3 is 0 Å². The fraction of sp³-hybridized carbons (Fsp3) is 0.346. The Labute approximate surface area is 187 Å². The van der Waals surface area contributed by atoms with Crippen LogP contribution in [0.3, 0.4) is 0 Å². The molecule has 1 saturated carbocycles. The van der Waals surface area contributed by atoms with Crippen LogP contribution in [0.4, 0.5) is 0 Å². The molecule has 0 saturated heterocycles. The van der Waals surface area contributed by atoms with Crippen LogP contribution in [0.5, 0.6) is 5.88 Å². The van der Waals surface area contributed by atoms with E-state index in [4.69, 9.17) is 5.10 Å². The molecule has 0 aliphatic heterocycles. The van der Waals surface area contributed by atoms with Crippen LogP contribution >= 0.6 is 0 Å². The van der Waals surface area contributed by atoms with E-state index in [2.05, 4.69) is 4.98 Å². The largest absolute Gasteiger partial charge is 0.493 e. The molecule has 0 bridgehead atoms. The molecule has 2 atom stereocenters. The molecule has 1 fully saturated rings. The van der Waals surface area contributed by atoms with Gasteiger partial charge in [-0.3, -0.25) is 0 Å². The lowest BCUT2D eigenvalue weighted by molar-refractivity contribution is -0.0788. The van der Waals surface area contributed by atoms with Crippen molar-refractivity contribution in [2.75, 3.05) is 0 Å². The van der Waals surface area contributed by atoms with Crippen LogP contribution in [0.15, 0.2) is 54.6 Å². The van der Waals surface area contributed by atoms with Gasteiger partial charge in [-0.25, -0.2) is 4.68 Å². The van der Waals surface area contributed by atoms with Crippen molar-refractivity contribution in [2.24, 2.45) is 0 Å². The first-order chi connectivity index (χ1) is 15.2. The molecule has 1 aliphatic carbocycles. The van der Waals surface area contributed by atoms with Crippen LogP contribution in [-0.2, 0) is 5.54 Å². The number of rotatable bonds is 3. The Morgan fingerprint density at radius 2 is 1.47 bits per heavy atom. The maximum Gasteiger partial charge on any atom is 0.214 e. The molecule has 2 aromatic carbocycles. The van der Waals surface area contributed by atoms with E-state index >= 15 is 0 Å². The molecular formula is C26H29N3O3. The Kier molecular flexibility index (Phi) is 4.69. The number of aromatic amines is 1. The van der Waals surface area contributed by atoms with E-state index in [0.717, 1.165) is 27.7 Å². The Bertz CT molecular complexity index is 1270. The van der Waals surface area contributed by atoms with Crippen molar-refractivity contribution in [3.05, 3.63) is 71.4 Å². The molecule has 2 aromatic heterocycles. The van der Waals surface area contributed by atoms with Crippen LogP contribution < -0.4 is 0 Å². The Balaban J connectivity index is 1.62. The highest BCUT2D eigenvalue weighted by atomic mass is 16.3. The van der Waals surface area contributed by atoms with Crippen molar-refractivity contribution in [2.45, 2.75) is 57.3 Å². The summed E-state index contributed by atoms with van der Waals surface area (Å²) in [5, 5.41) is 39.6. The van der Waals surface area contributed by atoms with Crippen LogP contribution in [-0.4, -0.2) is 42.3 Å². The second-order valence-electron chi connectivity index (χ2n) is 9.78. The van der Waals surface area contributed by atoms with Crippen molar-refractivity contribution in [3.8, 4) is 17.1 Å². The lowest BCUT2D eigenvalue weighted by atomic mass is 9.62. The molecule has 6 nitrogen and oxygen atoms in total. The van der Waals surface area contributed by atoms with Gasteiger partial charge in [-0.2, -0.15) is 5.10 Å². The minimum atomic E-state index is -0.853. The number of para-hydroxylation sites is 1. The molecule has 166 valence electrons. The monoisotopic (exact) mass is 431 g/mol. The molecule has 1 aliphatic rings. The number of hydrogen-bond acceptors (Lipinski definition) is 4. The third-order valence-corrected chi connectivity index (χ3v) is 6.66. The van der Waals surface area contributed by atoms with Crippen molar-refractivity contribution in [1.29, 1.82) is 0 Å². The lowest BCUT2D eigenvalue weighted by Crippen LogP contribution is -2.52. The van der Waals surface area contributed by atoms with Crippen LogP contribution in [0.2, 0.25) is 0 Å². The fourth-order valence-corrected chi connectivity index (χ4v) is 5.12. The highest BCUT2D eigenvalue weighted by molar-refractivity contribution is 5.85. The number of hydrogen-bond donors (Lipinski definition) is 4. The van der Waals surface area contributed by atoms with Crippen LogP contribution in [0.25, 0.3) is 22.2 Å². The van der Waals surface area contributed by atoms with Gasteiger partial charge in [0.15, 0.2) is 0 Å². The summed E-state index contributed by atoms with van der Waals surface area (Å²) in [5.41, 5.74) is 4.32. The van der Waals surface area contributed by atoms with Crippen molar-refractivity contribution in [3.63, 3.8) is 0 Å². The minimum absolute atomic E-state index is 0.00597. The zero-order valence-corrected chi connectivity index (χ0v) is 18.7. The van der Waals surface area contributed by atoms with Gasteiger partial charge in [-0.1, -0.05) is 48.5 Å². The maximum absolute atomic E-state index is 11.3. The first kappa shape index (κ1) is 20.8. The highest BCUT2D eigenvalue weighted by Gasteiger charge is 2.54. The number of aromatic nitrogens is 3. The summed E-state index contributed by atoms with van der Waals surface area (Å²) in [6, 6.07) is 17.5. The predicted molar refractivity (Wildman–Crippen MR) is 125 cm³/mol. The molecule has 4 aromatic rings. The van der Waals surface area contributed by atoms with Gasteiger partial charge in [0.05, 0.1) is 29.0 Å². The number of nitrogens with zero attached hydrogens (tertiary/aromatic N) is 2. The minimum Gasteiger partial charge on any atom is -0.493 e. The molecule has 0 amide bonds. The van der Waals surface area contributed by atoms with E-state index in [1.807, 2.05) is 82.3 Å². The summed E-state index contributed by atoms with van der Waals surface area (Å²) < 4.78 is 1.58. The second-order valence-corrected chi connectivity index (χ2v) is 9.78. The van der Waals surface area contributed by atoms with Gasteiger partial charge in [0, 0.05) is 34.0 Å². The van der Waals surface area contributed by atoms with E-state index < -0.39 is 29.6 Å². The van der Waals surface area contributed by atoms with Gasteiger partial charge < -0.3 is 20.3 Å². The van der Waals surface area contributed by atoms with E-state index in [0.29, 0.717) is 11.3 Å². The first-order valence-electron chi connectivity index (χ1n) is 11.0.